The molecule has 6 heteroatoms. The van der Waals surface area contributed by atoms with Gasteiger partial charge in [-0.15, -0.1) is 0 Å². The molecule has 0 unspecified atom stereocenters. The van der Waals surface area contributed by atoms with Crippen LogP contribution in [0, 0.1) is 11.8 Å². The van der Waals surface area contributed by atoms with Gasteiger partial charge in [-0.3, -0.25) is 14.4 Å². The molecule has 0 saturated carbocycles. The van der Waals surface area contributed by atoms with Gasteiger partial charge in [0.2, 0.25) is 11.8 Å². The summed E-state index contributed by atoms with van der Waals surface area (Å²) in [7, 11) is 0. The van der Waals surface area contributed by atoms with Crippen molar-refractivity contribution in [3.63, 3.8) is 0 Å². The second-order valence-corrected chi connectivity index (χ2v) is 7.63. The van der Waals surface area contributed by atoms with Crippen molar-refractivity contribution in [1.29, 1.82) is 0 Å². The van der Waals surface area contributed by atoms with Crippen LogP contribution in [0.25, 0.3) is 0 Å². The number of nitrogens with one attached hydrogen (secondary N) is 1. The summed E-state index contributed by atoms with van der Waals surface area (Å²) in [5, 5.41) is 3.28. The molecule has 1 saturated heterocycles. The maximum Gasteiger partial charge on any atom is 0.257 e. The highest BCUT2D eigenvalue weighted by Gasteiger charge is 2.49. The van der Waals surface area contributed by atoms with Gasteiger partial charge in [0.05, 0.1) is 23.1 Å². The zero-order chi connectivity index (χ0) is 19.8. The van der Waals surface area contributed by atoms with Crippen molar-refractivity contribution >= 4 is 40.7 Å². The number of carbonyl (C=O) groups excluding carboxylic acids is 3. The summed E-state index contributed by atoms with van der Waals surface area (Å²) in [4.78, 5) is 40.0. The highest BCUT2D eigenvalue weighted by atomic mass is 35.5. The van der Waals surface area contributed by atoms with E-state index in [1.165, 1.54) is 4.90 Å². The van der Waals surface area contributed by atoms with Crippen LogP contribution in [-0.4, -0.2) is 17.7 Å². The Bertz CT molecular complexity index is 1010. The van der Waals surface area contributed by atoms with E-state index in [4.69, 9.17) is 11.6 Å². The van der Waals surface area contributed by atoms with Gasteiger partial charge in [-0.1, -0.05) is 41.4 Å². The van der Waals surface area contributed by atoms with Gasteiger partial charge in [-0.05, 0) is 50.1 Å². The molecule has 3 amide bonds. The summed E-state index contributed by atoms with van der Waals surface area (Å²) < 4.78 is 0. The fraction of sp³-hybridized carbons (Fsp3) is 0.227. The lowest BCUT2D eigenvalue weighted by Crippen LogP contribution is -2.33. The zero-order valence-corrected chi connectivity index (χ0v) is 16.1. The first-order chi connectivity index (χ1) is 13.5. The minimum Gasteiger partial charge on any atom is -0.322 e. The molecule has 2 aromatic rings. The molecule has 4 rings (SSSR count). The Labute approximate surface area is 168 Å². The van der Waals surface area contributed by atoms with Gasteiger partial charge in [0.15, 0.2) is 0 Å². The molecule has 142 valence electrons. The number of rotatable bonds is 3. The Kier molecular flexibility index (Phi) is 4.77. The Morgan fingerprint density at radius 3 is 2.61 bits per heavy atom. The first kappa shape index (κ1) is 18.4. The topological polar surface area (TPSA) is 66.5 Å². The third kappa shape index (κ3) is 3.22. The Balaban J connectivity index is 1.66. The van der Waals surface area contributed by atoms with Crippen LogP contribution in [0.15, 0.2) is 60.2 Å². The number of allylic oxidation sites excluding steroid dienone is 2. The van der Waals surface area contributed by atoms with E-state index in [0.717, 1.165) is 5.57 Å². The van der Waals surface area contributed by atoms with Crippen LogP contribution in [0.1, 0.15) is 30.1 Å². The first-order valence-corrected chi connectivity index (χ1v) is 9.53. The molecule has 0 radical (unpaired) electrons. The number of nitrogens with zero attached hydrogens (tertiary/aromatic N) is 1. The van der Waals surface area contributed by atoms with Crippen LogP contribution >= 0.6 is 11.6 Å². The van der Waals surface area contributed by atoms with Crippen LogP contribution in [0.5, 0.6) is 0 Å². The van der Waals surface area contributed by atoms with Gasteiger partial charge in [0.1, 0.15) is 0 Å². The van der Waals surface area contributed by atoms with Crippen LogP contribution in [0.3, 0.4) is 0 Å². The number of hydrogen-bond donors (Lipinski definition) is 1. The highest BCUT2D eigenvalue weighted by molar-refractivity contribution is 6.31. The molecule has 2 atom stereocenters. The number of carbonyl (C=O) groups is 3. The van der Waals surface area contributed by atoms with Crippen molar-refractivity contribution in [2.24, 2.45) is 11.8 Å². The predicted octanol–water partition coefficient (Wildman–Crippen LogP) is 4.44. The quantitative estimate of drug-likeness (QED) is 0.618. The van der Waals surface area contributed by atoms with Crippen molar-refractivity contribution in [3.8, 4) is 0 Å². The van der Waals surface area contributed by atoms with Gasteiger partial charge < -0.3 is 5.32 Å². The fourth-order valence-electron chi connectivity index (χ4n) is 3.90. The third-order valence-corrected chi connectivity index (χ3v) is 5.53. The fourth-order valence-corrected chi connectivity index (χ4v) is 4.09. The number of anilines is 2. The molecule has 2 aliphatic rings. The van der Waals surface area contributed by atoms with E-state index in [9.17, 15) is 14.4 Å². The van der Waals surface area contributed by atoms with Crippen molar-refractivity contribution in [2.75, 3.05) is 10.2 Å². The number of halogens is 1. The summed E-state index contributed by atoms with van der Waals surface area (Å²) in [5.74, 6) is -1.56. The normalized spacial score (nSPS) is 21.4. The van der Waals surface area contributed by atoms with Crippen molar-refractivity contribution in [1.82, 2.24) is 0 Å². The number of hydrogen-bond acceptors (Lipinski definition) is 3. The molecule has 0 spiro atoms. The van der Waals surface area contributed by atoms with Crippen LogP contribution in [0.2, 0.25) is 5.02 Å². The van der Waals surface area contributed by atoms with Crippen molar-refractivity contribution in [2.45, 2.75) is 19.8 Å². The maximum absolute atomic E-state index is 13.0. The molecular weight excluding hydrogens is 376 g/mol. The average Bonchev–Trinajstić information content (AvgIpc) is 2.91. The molecule has 1 fully saturated rings. The second kappa shape index (κ2) is 7.24. The SMILES string of the molecule is CC1=CC[C@@H]2C(=O)N(c3ccccc3C(=O)Nc3cccc(Cl)c3)C(=O)[C@@H]2C1. The molecule has 1 aliphatic heterocycles. The second-order valence-electron chi connectivity index (χ2n) is 7.20. The lowest BCUT2D eigenvalue weighted by atomic mass is 9.82. The van der Waals surface area contributed by atoms with E-state index >= 15 is 0 Å². The Morgan fingerprint density at radius 1 is 1.07 bits per heavy atom. The van der Waals surface area contributed by atoms with Gasteiger partial charge in [0, 0.05) is 10.7 Å². The standard InChI is InChI=1S/C22H19ClN2O3/c1-13-9-10-16-18(11-13)22(28)25(21(16)27)19-8-3-2-7-17(19)20(26)24-15-6-4-5-14(23)12-15/h2-9,12,16,18H,10-11H2,1H3,(H,24,26)/t16-,18+/m0/s1. The minimum atomic E-state index is -0.400. The van der Waals surface area contributed by atoms with Gasteiger partial charge in [0.25, 0.3) is 5.91 Å². The lowest BCUT2D eigenvalue weighted by Gasteiger charge is -2.19. The van der Waals surface area contributed by atoms with E-state index in [1.807, 2.05) is 13.0 Å². The summed E-state index contributed by atoms with van der Waals surface area (Å²) in [6, 6.07) is 13.5. The molecule has 2 aromatic carbocycles. The Hall–Kier alpha value is -2.92. The summed E-state index contributed by atoms with van der Waals surface area (Å²) in [5.41, 5.74) is 2.26. The summed E-state index contributed by atoms with van der Waals surface area (Å²) in [6.45, 7) is 1.98. The van der Waals surface area contributed by atoms with Gasteiger partial charge >= 0.3 is 0 Å². The molecule has 0 bridgehead atoms. The van der Waals surface area contributed by atoms with E-state index in [2.05, 4.69) is 5.32 Å². The zero-order valence-electron chi connectivity index (χ0n) is 15.3. The Morgan fingerprint density at radius 2 is 1.82 bits per heavy atom. The lowest BCUT2D eigenvalue weighted by molar-refractivity contribution is -0.122. The highest BCUT2D eigenvalue weighted by Crippen LogP contribution is 2.40. The van der Waals surface area contributed by atoms with Crippen LogP contribution < -0.4 is 10.2 Å². The van der Waals surface area contributed by atoms with Gasteiger partial charge in [-0.25, -0.2) is 4.90 Å². The monoisotopic (exact) mass is 394 g/mol. The maximum atomic E-state index is 13.0. The molecule has 1 N–H and O–H groups in total. The number of benzene rings is 2. The molecule has 0 aromatic heterocycles. The van der Waals surface area contributed by atoms with E-state index in [-0.39, 0.29) is 29.2 Å². The van der Waals surface area contributed by atoms with Crippen molar-refractivity contribution < 1.29 is 14.4 Å². The first-order valence-electron chi connectivity index (χ1n) is 9.15. The number of amides is 3. The summed E-state index contributed by atoms with van der Waals surface area (Å²) >= 11 is 5.98. The largest absolute Gasteiger partial charge is 0.322 e. The molecule has 28 heavy (non-hydrogen) atoms. The van der Waals surface area contributed by atoms with E-state index in [0.29, 0.717) is 29.2 Å². The smallest absolute Gasteiger partial charge is 0.257 e. The van der Waals surface area contributed by atoms with E-state index < -0.39 is 5.91 Å². The minimum absolute atomic E-state index is 0.231. The van der Waals surface area contributed by atoms with Crippen LogP contribution in [0.4, 0.5) is 11.4 Å². The molecular formula is C22H19ClN2O3. The van der Waals surface area contributed by atoms with Crippen LogP contribution in [-0.2, 0) is 9.59 Å². The average molecular weight is 395 g/mol. The predicted molar refractivity (Wildman–Crippen MR) is 108 cm³/mol. The van der Waals surface area contributed by atoms with E-state index in [1.54, 1.807) is 48.5 Å². The third-order valence-electron chi connectivity index (χ3n) is 5.30. The van der Waals surface area contributed by atoms with Gasteiger partial charge in [-0.2, -0.15) is 0 Å². The molecule has 1 heterocycles. The van der Waals surface area contributed by atoms with Crippen molar-refractivity contribution in [3.05, 3.63) is 70.8 Å². The number of fused-ring (bicyclic) bond motifs is 1. The number of imide groups is 1. The summed E-state index contributed by atoms with van der Waals surface area (Å²) in [6.07, 6.45) is 3.17. The molecule has 5 nitrogen and oxygen atoms in total. The molecule has 1 aliphatic carbocycles. The number of para-hydroxylation sites is 1.